The molecule has 0 aromatic rings. The first kappa shape index (κ1) is 10.3. The summed E-state index contributed by atoms with van der Waals surface area (Å²) in [5.74, 6) is -0.393. The highest BCUT2D eigenvalue weighted by Gasteiger charge is 2.18. The second-order valence-corrected chi connectivity index (χ2v) is 4.03. The van der Waals surface area contributed by atoms with E-state index in [1.165, 1.54) is 6.92 Å². The van der Waals surface area contributed by atoms with Crippen molar-refractivity contribution in [1.29, 1.82) is 0 Å². The molecule has 0 aromatic heterocycles. The average Bonchev–Trinajstić information content (AvgIpc) is 1.85. The van der Waals surface area contributed by atoms with Crippen LogP contribution in [0.15, 0.2) is 12.7 Å². The van der Waals surface area contributed by atoms with Crippen molar-refractivity contribution in [2.45, 2.75) is 18.6 Å². The van der Waals surface area contributed by atoms with Gasteiger partial charge < -0.3 is 0 Å². The zero-order valence-corrected chi connectivity index (χ0v) is 6.97. The Balaban J connectivity index is 4.20. The van der Waals surface area contributed by atoms with Crippen LogP contribution in [0.1, 0.15) is 13.3 Å². The zero-order valence-electron chi connectivity index (χ0n) is 6.15. The lowest BCUT2D eigenvalue weighted by Crippen LogP contribution is -2.19. The summed E-state index contributed by atoms with van der Waals surface area (Å²) in [4.78, 5) is 10.6. The van der Waals surface area contributed by atoms with E-state index in [1.807, 2.05) is 0 Å². The zero-order chi connectivity index (χ0) is 9.07. The van der Waals surface area contributed by atoms with Gasteiger partial charge in [0.2, 0.25) is 0 Å². The lowest BCUT2D eigenvalue weighted by atomic mass is 10.2. The Bertz CT molecular complexity index is 252. The molecule has 4 nitrogen and oxygen atoms in total. The molecule has 0 radical (unpaired) electrons. The molecule has 0 amide bonds. The van der Waals surface area contributed by atoms with Crippen molar-refractivity contribution in [3.05, 3.63) is 12.7 Å². The number of carbonyl (C=O) groups is 1. The Morgan fingerprint density at radius 3 is 2.45 bits per heavy atom. The molecular weight excluding hydrogens is 168 g/mol. The normalized spacial score (nSPS) is 14.0. The SMILES string of the molecule is C=CC(=O)CC(C)S(=O)(=O)O. The highest BCUT2D eigenvalue weighted by Crippen LogP contribution is 2.03. The fraction of sp³-hybridized carbons (Fsp3) is 0.500. The maximum absolute atomic E-state index is 10.6. The van der Waals surface area contributed by atoms with E-state index in [0.29, 0.717) is 0 Å². The second-order valence-electron chi connectivity index (χ2n) is 2.20. The first-order chi connectivity index (χ1) is 4.88. The Morgan fingerprint density at radius 1 is 1.73 bits per heavy atom. The summed E-state index contributed by atoms with van der Waals surface area (Å²) in [5.41, 5.74) is 0. The molecule has 0 heterocycles. The summed E-state index contributed by atoms with van der Waals surface area (Å²) in [6.45, 7) is 4.43. The van der Waals surface area contributed by atoms with Gasteiger partial charge in [0.15, 0.2) is 5.78 Å². The van der Waals surface area contributed by atoms with Gasteiger partial charge in [0.1, 0.15) is 0 Å². The van der Waals surface area contributed by atoms with Gasteiger partial charge in [-0.25, -0.2) is 0 Å². The maximum Gasteiger partial charge on any atom is 0.267 e. The minimum Gasteiger partial charge on any atom is -0.295 e. The van der Waals surface area contributed by atoms with Crippen molar-refractivity contribution < 1.29 is 17.8 Å². The predicted octanol–water partition coefficient (Wildman–Crippen LogP) is 0.408. The van der Waals surface area contributed by atoms with Crippen LogP contribution in [0.25, 0.3) is 0 Å². The topological polar surface area (TPSA) is 71.4 Å². The lowest BCUT2D eigenvalue weighted by Gasteiger charge is -2.03. The van der Waals surface area contributed by atoms with Crippen LogP contribution < -0.4 is 0 Å². The van der Waals surface area contributed by atoms with Crippen molar-refractivity contribution in [1.82, 2.24) is 0 Å². The smallest absolute Gasteiger partial charge is 0.267 e. The van der Waals surface area contributed by atoms with E-state index < -0.39 is 21.2 Å². The van der Waals surface area contributed by atoms with Gasteiger partial charge in [0.25, 0.3) is 10.1 Å². The molecule has 0 aromatic carbocycles. The molecule has 1 unspecified atom stereocenters. The Labute approximate surface area is 65.7 Å². The van der Waals surface area contributed by atoms with E-state index in [-0.39, 0.29) is 6.42 Å². The van der Waals surface area contributed by atoms with Crippen LogP contribution in [0.4, 0.5) is 0 Å². The third kappa shape index (κ3) is 3.90. The molecule has 1 N–H and O–H groups in total. The van der Waals surface area contributed by atoms with Gasteiger partial charge in [-0.05, 0) is 13.0 Å². The fourth-order valence-corrected chi connectivity index (χ4v) is 0.847. The molecule has 0 aliphatic carbocycles. The first-order valence-electron chi connectivity index (χ1n) is 2.99. The van der Waals surface area contributed by atoms with E-state index >= 15 is 0 Å². The van der Waals surface area contributed by atoms with Gasteiger partial charge in [0, 0.05) is 6.42 Å². The second kappa shape index (κ2) is 3.64. The summed E-state index contributed by atoms with van der Waals surface area (Å²) in [6.07, 6.45) is 0.810. The molecule has 0 saturated heterocycles. The van der Waals surface area contributed by atoms with Crippen LogP contribution in [-0.2, 0) is 14.9 Å². The monoisotopic (exact) mass is 178 g/mol. The van der Waals surface area contributed by atoms with E-state index in [1.54, 1.807) is 0 Å². The number of allylic oxidation sites excluding steroid dienone is 1. The van der Waals surface area contributed by atoms with Gasteiger partial charge >= 0.3 is 0 Å². The van der Waals surface area contributed by atoms with Crippen molar-refractivity contribution in [3.8, 4) is 0 Å². The minimum absolute atomic E-state index is 0.220. The van der Waals surface area contributed by atoms with Crippen molar-refractivity contribution >= 4 is 15.9 Å². The number of carbonyl (C=O) groups excluding carboxylic acids is 1. The third-order valence-electron chi connectivity index (χ3n) is 1.22. The van der Waals surface area contributed by atoms with Gasteiger partial charge in [-0.2, -0.15) is 8.42 Å². The summed E-state index contributed by atoms with van der Waals surface area (Å²) in [7, 11) is -4.08. The molecule has 0 fully saturated rings. The molecule has 1 atom stereocenters. The summed E-state index contributed by atoms with van der Waals surface area (Å²) >= 11 is 0. The predicted molar refractivity (Wildman–Crippen MR) is 40.8 cm³/mol. The van der Waals surface area contributed by atoms with Gasteiger partial charge in [-0.15, -0.1) is 0 Å². The van der Waals surface area contributed by atoms with E-state index in [0.717, 1.165) is 6.08 Å². The van der Waals surface area contributed by atoms with Gasteiger partial charge in [0.05, 0.1) is 5.25 Å². The van der Waals surface area contributed by atoms with Crippen LogP contribution in [0.3, 0.4) is 0 Å². The number of hydrogen-bond donors (Lipinski definition) is 1. The van der Waals surface area contributed by atoms with Crippen LogP contribution in [0.2, 0.25) is 0 Å². The molecule has 0 saturated carbocycles. The van der Waals surface area contributed by atoms with E-state index in [9.17, 15) is 13.2 Å². The van der Waals surface area contributed by atoms with Gasteiger partial charge in [-0.3, -0.25) is 9.35 Å². The highest BCUT2D eigenvalue weighted by molar-refractivity contribution is 7.86. The van der Waals surface area contributed by atoms with Crippen LogP contribution in [0, 0.1) is 0 Å². The van der Waals surface area contributed by atoms with E-state index in [2.05, 4.69) is 6.58 Å². The Morgan fingerprint density at radius 2 is 2.18 bits per heavy atom. The molecule has 0 aliphatic heterocycles. The largest absolute Gasteiger partial charge is 0.295 e. The molecule has 0 rings (SSSR count). The number of ketones is 1. The Kier molecular flexibility index (Phi) is 3.41. The van der Waals surface area contributed by atoms with Crippen LogP contribution in [-0.4, -0.2) is 24.0 Å². The molecule has 5 heteroatoms. The molecular formula is C6H10O4S. The summed E-state index contributed by atoms with van der Waals surface area (Å²) in [5, 5.41) is -1.05. The van der Waals surface area contributed by atoms with Crippen molar-refractivity contribution in [2.75, 3.05) is 0 Å². The molecule has 0 bridgehead atoms. The average molecular weight is 178 g/mol. The van der Waals surface area contributed by atoms with Crippen molar-refractivity contribution in [2.24, 2.45) is 0 Å². The van der Waals surface area contributed by atoms with Crippen molar-refractivity contribution in [3.63, 3.8) is 0 Å². The fourth-order valence-electron chi connectivity index (χ4n) is 0.472. The summed E-state index contributed by atoms with van der Waals surface area (Å²) < 4.78 is 29.1. The quantitative estimate of drug-likeness (QED) is 0.500. The molecule has 0 spiro atoms. The first-order valence-corrected chi connectivity index (χ1v) is 4.50. The molecule has 11 heavy (non-hydrogen) atoms. The van der Waals surface area contributed by atoms with Gasteiger partial charge in [-0.1, -0.05) is 6.58 Å². The maximum atomic E-state index is 10.6. The standard InChI is InChI=1S/C6H10O4S/c1-3-6(7)4-5(2)11(8,9)10/h3,5H,1,4H2,2H3,(H,8,9,10). The van der Waals surface area contributed by atoms with E-state index in [4.69, 9.17) is 4.55 Å². The number of rotatable bonds is 4. The summed E-state index contributed by atoms with van der Waals surface area (Å²) in [6, 6.07) is 0. The minimum atomic E-state index is -4.08. The highest BCUT2D eigenvalue weighted by atomic mass is 32.2. The molecule has 64 valence electrons. The molecule has 0 aliphatic rings. The third-order valence-corrected chi connectivity index (χ3v) is 2.41. The lowest BCUT2D eigenvalue weighted by molar-refractivity contribution is -0.114. The van der Waals surface area contributed by atoms with Crippen LogP contribution in [0.5, 0.6) is 0 Å². The Hall–Kier alpha value is -0.680. The number of hydrogen-bond acceptors (Lipinski definition) is 3. The van der Waals surface area contributed by atoms with Crippen LogP contribution >= 0.6 is 0 Å².